The first-order valence-corrected chi connectivity index (χ1v) is 10.5. The summed E-state index contributed by atoms with van der Waals surface area (Å²) in [5.41, 5.74) is 5.55. The van der Waals surface area contributed by atoms with Gasteiger partial charge in [0.1, 0.15) is 0 Å². The van der Waals surface area contributed by atoms with E-state index in [0.29, 0.717) is 16.4 Å². The van der Waals surface area contributed by atoms with Crippen molar-refractivity contribution < 1.29 is 14.3 Å². The molecule has 0 spiro atoms. The molecule has 0 radical (unpaired) electrons. The van der Waals surface area contributed by atoms with E-state index in [2.05, 4.69) is 15.4 Å². The van der Waals surface area contributed by atoms with Gasteiger partial charge < -0.3 is 15.0 Å². The number of aryl methyl sites for hydroxylation is 2. The van der Waals surface area contributed by atoms with Crippen LogP contribution in [0.5, 0.6) is 0 Å². The van der Waals surface area contributed by atoms with E-state index in [1.165, 1.54) is 0 Å². The van der Waals surface area contributed by atoms with Crippen molar-refractivity contribution in [1.29, 1.82) is 0 Å². The van der Waals surface area contributed by atoms with E-state index >= 15 is 0 Å². The fourth-order valence-electron chi connectivity index (χ4n) is 3.74. The molecule has 0 bridgehead atoms. The summed E-state index contributed by atoms with van der Waals surface area (Å²) in [6.07, 6.45) is 0.0451. The van der Waals surface area contributed by atoms with E-state index in [1.54, 1.807) is 10.7 Å². The highest BCUT2D eigenvalue weighted by Gasteiger charge is 2.18. The zero-order valence-corrected chi connectivity index (χ0v) is 18.8. The normalized spacial score (nSPS) is 11.0. The number of H-pyrrole nitrogens is 1. The monoisotopic (exact) mass is 450 g/mol. The Morgan fingerprint density at radius 3 is 2.62 bits per heavy atom. The van der Waals surface area contributed by atoms with E-state index in [9.17, 15) is 9.59 Å². The van der Waals surface area contributed by atoms with Crippen LogP contribution in [0.2, 0.25) is 5.02 Å². The van der Waals surface area contributed by atoms with Gasteiger partial charge >= 0.3 is 5.97 Å². The average Bonchev–Trinajstić information content (AvgIpc) is 3.23. The molecule has 0 atom stereocenters. The number of fused-ring (bicyclic) bond motifs is 1. The lowest BCUT2D eigenvalue weighted by molar-refractivity contribution is -0.146. The molecule has 4 rings (SSSR count). The zero-order chi connectivity index (χ0) is 22.8. The molecule has 8 heteroatoms. The Morgan fingerprint density at radius 2 is 1.88 bits per heavy atom. The molecule has 7 nitrogen and oxygen atoms in total. The molecule has 0 fully saturated rings. The number of nitrogens with zero attached hydrogens (tertiary/aromatic N) is 2. The van der Waals surface area contributed by atoms with Gasteiger partial charge in [-0.2, -0.15) is 5.10 Å². The minimum absolute atomic E-state index is 0.0451. The lowest BCUT2D eigenvalue weighted by atomic mass is 10.1. The Kier molecular flexibility index (Phi) is 6.01. The van der Waals surface area contributed by atoms with E-state index in [4.69, 9.17) is 16.3 Å². The molecular weight excluding hydrogens is 428 g/mol. The molecule has 1 amide bonds. The van der Waals surface area contributed by atoms with Gasteiger partial charge in [-0.25, -0.2) is 4.68 Å². The minimum atomic E-state index is -0.488. The Hall–Kier alpha value is -3.58. The van der Waals surface area contributed by atoms with Crippen molar-refractivity contribution in [2.75, 3.05) is 11.9 Å². The van der Waals surface area contributed by atoms with Crippen molar-refractivity contribution in [2.45, 2.75) is 27.2 Å². The third kappa shape index (κ3) is 4.38. The number of ether oxygens (including phenoxy) is 1. The van der Waals surface area contributed by atoms with Crippen molar-refractivity contribution >= 4 is 40.1 Å². The first-order chi connectivity index (χ1) is 15.3. The highest BCUT2D eigenvalue weighted by molar-refractivity contribution is 6.31. The van der Waals surface area contributed by atoms with Gasteiger partial charge in [0.05, 0.1) is 29.2 Å². The molecule has 0 unspecified atom stereocenters. The zero-order valence-electron chi connectivity index (χ0n) is 18.0. The number of carbonyl (C=O) groups excluding carboxylic acids is 2. The molecule has 4 aromatic rings. The van der Waals surface area contributed by atoms with Gasteiger partial charge in [0.25, 0.3) is 5.91 Å². The second-order valence-electron chi connectivity index (χ2n) is 7.60. The van der Waals surface area contributed by atoms with Gasteiger partial charge in [-0.05, 0) is 56.7 Å². The van der Waals surface area contributed by atoms with Crippen LogP contribution in [-0.4, -0.2) is 33.2 Å². The van der Waals surface area contributed by atoms with Crippen molar-refractivity contribution in [3.63, 3.8) is 0 Å². The third-order valence-electron chi connectivity index (χ3n) is 5.32. The second kappa shape index (κ2) is 8.88. The van der Waals surface area contributed by atoms with Crippen LogP contribution in [0.1, 0.15) is 22.6 Å². The van der Waals surface area contributed by atoms with Crippen molar-refractivity contribution in [1.82, 2.24) is 14.8 Å². The Bertz CT molecular complexity index is 1310. The van der Waals surface area contributed by atoms with Gasteiger partial charge in [0, 0.05) is 21.6 Å². The van der Waals surface area contributed by atoms with Crippen LogP contribution in [0.25, 0.3) is 16.6 Å². The van der Waals surface area contributed by atoms with E-state index in [-0.39, 0.29) is 13.0 Å². The highest BCUT2D eigenvalue weighted by atomic mass is 35.5. The number of anilines is 1. The Balaban J connectivity index is 1.40. The lowest BCUT2D eigenvalue weighted by Gasteiger charge is -2.08. The van der Waals surface area contributed by atoms with Crippen LogP contribution >= 0.6 is 11.6 Å². The van der Waals surface area contributed by atoms with Crippen LogP contribution < -0.4 is 5.32 Å². The quantitative estimate of drug-likeness (QED) is 0.418. The van der Waals surface area contributed by atoms with Gasteiger partial charge in [-0.1, -0.05) is 29.8 Å². The van der Waals surface area contributed by atoms with Crippen molar-refractivity contribution in [2.24, 2.45) is 0 Å². The summed E-state index contributed by atoms with van der Waals surface area (Å²) in [7, 11) is 0. The molecule has 0 saturated carbocycles. The van der Waals surface area contributed by atoms with Crippen molar-refractivity contribution in [3.8, 4) is 5.69 Å². The van der Waals surface area contributed by atoms with Crippen LogP contribution in [0.3, 0.4) is 0 Å². The number of para-hydroxylation sites is 1. The topological polar surface area (TPSA) is 89.0 Å². The number of hydrogen-bond acceptors (Lipinski definition) is 4. The maximum absolute atomic E-state index is 12.4. The Labute approximate surface area is 190 Å². The highest BCUT2D eigenvalue weighted by Crippen LogP contribution is 2.26. The molecule has 0 aliphatic heterocycles. The fraction of sp³-hybridized carbons (Fsp3) is 0.208. The number of benzene rings is 2. The summed E-state index contributed by atoms with van der Waals surface area (Å²) in [5, 5.41) is 8.77. The molecule has 2 N–H and O–H groups in total. The predicted octanol–water partition coefficient (Wildman–Crippen LogP) is 4.66. The molecule has 0 saturated heterocycles. The summed E-state index contributed by atoms with van der Waals surface area (Å²) in [6.45, 7) is 5.20. The maximum Gasteiger partial charge on any atom is 0.310 e. The smallest absolute Gasteiger partial charge is 0.310 e. The molecule has 0 aliphatic carbocycles. The summed E-state index contributed by atoms with van der Waals surface area (Å²) < 4.78 is 7.00. The van der Waals surface area contributed by atoms with Crippen LogP contribution in [0.4, 0.5) is 5.69 Å². The predicted molar refractivity (Wildman–Crippen MR) is 124 cm³/mol. The molecule has 2 heterocycles. The van der Waals surface area contributed by atoms with Gasteiger partial charge in [0.2, 0.25) is 0 Å². The number of carbonyl (C=O) groups is 2. The number of esters is 1. The lowest BCUT2D eigenvalue weighted by Crippen LogP contribution is -2.22. The van der Waals surface area contributed by atoms with Crippen LogP contribution in [-0.2, 0) is 20.7 Å². The molecular formula is C24H23ClN4O3. The number of aromatic amines is 1. The third-order valence-corrected chi connectivity index (χ3v) is 5.56. The number of nitrogens with one attached hydrogen (secondary N) is 2. The van der Waals surface area contributed by atoms with Crippen LogP contribution in [0.15, 0.2) is 48.5 Å². The van der Waals surface area contributed by atoms with Gasteiger partial charge in [-0.3, -0.25) is 9.59 Å². The van der Waals surface area contributed by atoms with E-state index in [0.717, 1.165) is 33.5 Å². The summed E-state index contributed by atoms with van der Waals surface area (Å²) in [4.78, 5) is 28.1. The molecule has 2 aromatic carbocycles. The van der Waals surface area contributed by atoms with Crippen molar-refractivity contribution in [3.05, 3.63) is 76.2 Å². The molecule has 32 heavy (non-hydrogen) atoms. The largest absolute Gasteiger partial charge is 0.455 e. The summed E-state index contributed by atoms with van der Waals surface area (Å²) >= 11 is 6.09. The number of aromatic nitrogens is 3. The first kappa shape index (κ1) is 21.6. The SMILES string of the molecule is Cc1nn(-c2ccccc2)c(C)c1NC(=O)COC(=O)Cc1c(C)[nH]c2ccc(Cl)cc12. The van der Waals surface area contributed by atoms with Gasteiger partial charge in [-0.15, -0.1) is 0 Å². The summed E-state index contributed by atoms with van der Waals surface area (Å²) in [6, 6.07) is 15.1. The summed E-state index contributed by atoms with van der Waals surface area (Å²) in [5.74, 6) is -0.909. The fourth-order valence-corrected chi connectivity index (χ4v) is 3.92. The Morgan fingerprint density at radius 1 is 1.12 bits per heavy atom. The maximum atomic E-state index is 12.4. The minimum Gasteiger partial charge on any atom is -0.455 e. The van der Waals surface area contributed by atoms with Crippen LogP contribution in [0, 0.1) is 20.8 Å². The number of halogens is 1. The molecule has 164 valence electrons. The number of rotatable bonds is 6. The molecule has 2 aromatic heterocycles. The van der Waals surface area contributed by atoms with E-state index < -0.39 is 11.9 Å². The first-order valence-electron chi connectivity index (χ1n) is 10.2. The molecule has 0 aliphatic rings. The van der Waals surface area contributed by atoms with E-state index in [1.807, 2.05) is 63.2 Å². The number of amides is 1. The second-order valence-corrected chi connectivity index (χ2v) is 8.03. The number of hydrogen-bond donors (Lipinski definition) is 2. The average molecular weight is 451 g/mol. The standard InChI is InChI=1S/C24H23ClN4O3/c1-14-19(20-11-17(25)9-10-21(20)26-14)12-23(31)32-13-22(30)27-24-15(2)28-29(16(24)3)18-7-5-4-6-8-18/h4-11,26H,12-13H2,1-3H3,(H,27,30). The van der Waals surface area contributed by atoms with Gasteiger partial charge in [0.15, 0.2) is 6.61 Å².